The molecular weight excluding hydrogens is 230 g/mol. The van der Waals surface area contributed by atoms with E-state index in [2.05, 4.69) is 27.3 Å². The summed E-state index contributed by atoms with van der Waals surface area (Å²) in [5, 5.41) is 10.5. The number of carbonyl (C=O) groups excluding carboxylic acids is 1. The molecule has 98 valence electrons. The van der Waals surface area contributed by atoms with Gasteiger partial charge in [0.05, 0.1) is 5.54 Å². The van der Waals surface area contributed by atoms with Gasteiger partial charge in [0.15, 0.2) is 11.5 Å². The quantitative estimate of drug-likeness (QED) is 0.793. The highest BCUT2D eigenvalue weighted by Gasteiger charge is 2.39. The fraction of sp³-hybridized carbons (Fsp3) is 0.583. The van der Waals surface area contributed by atoms with Gasteiger partial charge in [-0.15, -0.1) is 10.2 Å². The minimum Gasteiger partial charge on any atom is -0.354 e. The predicted molar refractivity (Wildman–Crippen MR) is 69.5 cm³/mol. The minimum absolute atomic E-state index is 0.0874. The molecule has 1 aliphatic rings. The molecule has 1 aliphatic heterocycles. The first kappa shape index (κ1) is 12.8. The van der Waals surface area contributed by atoms with Crippen LogP contribution < -0.4 is 16.0 Å². The van der Waals surface area contributed by atoms with Crippen molar-refractivity contribution in [1.82, 2.24) is 15.5 Å². The number of rotatable bonds is 4. The van der Waals surface area contributed by atoms with E-state index in [9.17, 15) is 4.79 Å². The Morgan fingerprint density at radius 3 is 2.72 bits per heavy atom. The van der Waals surface area contributed by atoms with Crippen molar-refractivity contribution in [2.24, 2.45) is 5.73 Å². The maximum atomic E-state index is 11.3. The van der Waals surface area contributed by atoms with Crippen LogP contribution in [0.25, 0.3) is 0 Å². The van der Waals surface area contributed by atoms with Crippen LogP contribution in [0.2, 0.25) is 0 Å². The summed E-state index contributed by atoms with van der Waals surface area (Å²) in [5.41, 5.74) is 6.43. The van der Waals surface area contributed by atoms with Gasteiger partial charge in [-0.25, -0.2) is 0 Å². The Kier molecular flexibility index (Phi) is 3.47. The summed E-state index contributed by atoms with van der Waals surface area (Å²) < 4.78 is 0. The van der Waals surface area contributed by atoms with Gasteiger partial charge in [-0.1, -0.05) is 13.3 Å². The Morgan fingerprint density at radius 2 is 2.22 bits per heavy atom. The van der Waals surface area contributed by atoms with Crippen LogP contribution in [0.3, 0.4) is 0 Å². The Hall–Kier alpha value is -1.69. The van der Waals surface area contributed by atoms with Crippen LogP contribution in [0, 0.1) is 0 Å². The molecule has 18 heavy (non-hydrogen) atoms. The number of amides is 1. The molecule has 3 N–H and O–H groups in total. The third-order valence-electron chi connectivity index (χ3n) is 3.19. The average Bonchev–Trinajstić information content (AvgIpc) is 2.35. The topological polar surface area (TPSA) is 84.1 Å². The van der Waals surface area contributed by atoms with Crippen LogP contribution in [0.1, 0.15) is 30.3 Å². The number of aromatic nitrogens is 2. The van der Waals surface area contributed by atoms with Crippen molar-refractivity contribution in [2.45, 2.75) is 25.3 Å². The summed E-state index contributed by atoms with van der Waals surface area (Å²) in [7, 11) is 1.57. The molecule has 0 spiro atoms. The lowest BCUT2D eigenvalue weighted by Gasteiger charge is -2.48. The van der Waals surface area contributed by atoms with E-state index >= 15 is 0 Å². The van der Waals surface area contributed by atoms with Crippen LogP contribution in [-0.4, -0.2) is 41.8 Å². The van der Waals surface area contributed by atoms with Crippen LogP contribution in [0.4, 0.5) is 5.82 Å². The molecule has 1 aromatic heterocycles. The van der Waals surface area contributed by atoms with Crippen LogP contribution in [0.15, 0.2) is 12.1 Å². The molecule has 0 atom stereocenters. The first-order valence-corrected chi connectivity index (χ1v) is 6.17. The van der Waals surface area contributed by atoms with Gasteiger partial charge >= 0.3 is 0 Å². The van der Waals surface area contributed by atoms with E-state index in [1.807, 2.05) is 6.07 Å². The molecule has 1 aromatic rings. The van der Waals surface area contributed by atoms with Crippen molar-refractivity contribution in [1.29, 1.82) is 0 Å². The Bertz CT molecular complexity index is 425. The average molecular weight is 249 g/mol. The smallest absolute Gasteiger partial charge is 0.271 e. The number of hydrogen-bond donors (Lipinski definition) is 2. The number of nitrogens with two attached hydrogens (primary N) is 1. The van der Waals surface area contributed by atoms with Gasteiger partial charge in [0, 0.05) is 20.1 Å². The van der Waals surface area contributed by atoms with Crippen molar-refractivity contribution in [2.75, 3.05) is 25.0 Å². The number of nitrogens with one attached hydrogen (secondary N) is 1. The van der Waals surface area contributed by atoms with Gasteiger partial charge in [0.2, 0.25) is 0 Å². The van der Waals surface area contributed by atoms with Crippen molar-refractivity contribution in [3.63, 3.8) is 0 Å². The van der Waals surface area contributed by atoms with E-state index in [0.717, 1.165) is 31.7 Å². The maximum absolute atomic E-state index is 11.3. The van der Waals surface area contributed by atoms with Crippen LogP contribution >= 0.6 is 0 Å². The molecule has 1 saturated heterocycles. The third kappa shape index (κ3) is 2.43. The summed E-state index contributed by atoms with van der Waals surface area (Å²) in [5.74, 6) is 0.552. The Morgan fingerprint density at radius 1 is 1.50 bits per heavy atom. The van der Waals surface area contributed by atoms with Gasteiger partial charge < -0.3 is 16.0 Å². The van der Waals surface area contributed by atoms with E-state index in [1.54, 1.807) is 13.1 Å². The maximum Gasteiger partial charge on any atom is 0.271 e. The number of hydrogen-bond acceptors (Lipinski definition) is 5. The number of nitrogens with zero attached hydrogens (tertiary/aromatic N) is 3. The molecule has 0 bridgehead atoms. The summed E-state index contributed by atoms with van der Waals surface area (Å²) in [4.78, 5) is 13.4. The molecule has 0 unspecified atom stereocenters. The first-order valence-electron chi connectivity index (χ1n) is 6.17. The van der Waals surface area contributed by atoms with Crippen LogP contribution in [0.5, 0.6) is 0 Å². The zero-order valence-electron chi connectivity index (χ0n) is 10.8. The molecule has 0 aromatic carbocycles. The first-order chi connectivity index (χ1) is 8.58. The molecule has 6 nitrogen and oxygen atoms in total. The third-order valence-corrected chi connectivity index (χ3v) is 3.19. The zero-order chi connectivity index (χ0) is 13.2. The molecule has 6 heteroatoms. The molecule has 0 saturated carbocycles. The number of anilines is 1. The molecule has 2 rings (SSSR count). The highest BCUT2D eigenvalue weighted by atomic mass is 16.1. The van der Waals surface area contributed by atoms with Gasteiger partial charge in [0.1, 0.15) is 0 Å². The minimum atomic E-state index is -0.225. The van der Waals surface area contributed by atoms with Crippen molar-refractivity contribution >= 4 is 11.7 Å². The largest absolute Gasteiger partial charge is 0.354 e. The van der Waals surface area contributed by atoms with E-state index < -0.39 is 0 Å². The lowest BCUT2D eigenvalue weighted by atomic mass is 9.86. The summed E-state index contributed by atoms with van der Waals surface area (Å²) >= 11 is 0. The van der Waals surface area contributed by atoms with E-state index in [-0.39, 0.29) is 11.4 Å². The Balaban J connectivity index is 1.98. The monoisotopic (exact) mass is 249 g/mol. The van der Waals surface area contributed by atoms with E-state index in [0.29, 0.717) is 5.69 Å². The molecule has 0 radical (unpaired) electrons. The molecule has 1 amide bonds. The van der Waals surface area contributed by atoms with Gasteiger partial charge in [-0.2, -0.15) is 0 Å². The number of carbonyl (C=O) groups is 1. The summed E-state index contributed by atoms with van der Waals surface area (Å²) in [6, 6.07) is 3.49. The zero-order valence-corrected chi connectivity index (χ0v) is 10.8. The molecule has 1 fully saturated rings. The van der Waals surface area contributed by atoms with Gasteiger partial charge in [0.25, 0.3) is 5.91 Å². The SMILES string of the molecule is CCCC1(N)CN(c2ccc(C(=O)NC)nn2)C1. The summed E-state index contributed by atoms with van der Waals surface area (Å²) in [6.07, 6.45) is 2.11. The summed E-state index contributed by atoms with van der Waals surface area (Å²) in [6.45, 7) is 3.74. The van der Waals surface area contributed by atoms with E-state index in [4.69, 9.17) is 5.73 Å². The van der Waals surface area contributed by atoms with E-state index in [1.165, 1.54) is 0 Å². The van der Waals surface area contributed by atoms with Crippen molar-refractivity contribution in [3.8, 4) is 0 Å². The molecule has 2 heterocycles. The fourth-order valence-corrected chi connectivity index (χ4v) is 2.27. The fourth-order valence-electron chi connectivity index (χ4n) is 2.27. The Labute approximate surface area is 107 Å². The van der Waals surface area contributed by atoms with Crippen LogP contribution in [-0.2, 0) is 0 Å². The second-order valence-corrected chi connectivity index (χ2v) is 4.82. The second kappa shape index (κ2) is 4.89. The lowest BCUT2D eigenvalue weighted by Crippen LogP contribution is -2.67. The standard InChI is InChI=1S/C12H19N5O/c1-3-6-12(13)7-17(8-12)10-5-4-9(15-16-10)11(18)14-2/h4-5H,3,6-8,13H2,1-2H3,(H,14,18). The van der Waals surface area contributed by atoms with Gasteiger partial charge in [-0.3, -0.25) is 4.79 Å². The molecular formula is C12H19N5O. The normalized spacial score (nSPS) is 17.2. The molecule has 0 aliphatic carbocycles. The van der Waals surface area contributed by atoms with Crippen molar-refractivity contribution < 1.29 is 4.79 Å². The van der Waals surface area contributed by atoms with Gasteiger partial charge in [-0.05, 0) is 18.6 Å². The highest BCUT2D eigenvalue weighted by molar-refractivity contribution is 5.91. The van der Waals surface area contributed by atoms with Crippen molar-refractivity contribution in [3.05, 3.63) is 17.8 Å². The highest BCUT2D eigenvalue weighted by Crippen LogP contribution is 2.27. The lowest BCUT2D eigenvalue weighted by molar-refractivity contribution is 0.0957. The second-order valence-electron chi connectivity index (χ2n) is 4.82. The predicted octanol–water partition coefficient (Wildman–Crippen LogP) is 0.154.